The van der Waals surface area contributed by atoms with E-state index < -0.39 is 0 Å². The van der Waals surface area contributed by atoms with Crippen LogP contribution in [-0.4, -0.2) is 27.7 Å². The second kappa shape index (κ2) is 6.05. The van der Waals surface area contributed by atoms with Gasteiger partial charge in [0.25, 0.3) is 5.96 Å². The molecule has 96 valence electrons. The van der Waals surface area contributed by atoms with E-state index in [4.69, 9.17) is 5.41 Å². The van der Waals surface area contributed by atoms with Gasteiger partial charge in [0.1, 0.15) is 0 Å². The van der Waals surface area contributed by atoms with Crippen molar-refractivity contribution in [3.05, 3.63) is 24.5 Å². The number of aromatic nitrogens is 1. The summed E-state index contributed by atoms with van der Waals surface area (Å²) in [6.07, 6.45) is 3.86. The maximum atomic E-state index is 10.0. The van der Waals surface area contributed by atoms with Gasteiger partial charge < -0.3 is 0 Å². The number of nitrogens with one attached hydrogen (secondary N) is 1. The van der Waals surface area contributed by atoms with Gasteiger partial charge in [-0.2, -0.15) is 5.06 Å². The summed E-state index contributed by atoms with van der Waals surface area (Å²) in [6, 6.07) is 5.24. The molecule has 1 rings (SSSR count). The fourth-order valence-electron chi connectivity index (χ4n) is 1.11. The van der Waals surface area contributed by atoms with Crippen LogP contribution in [0.2, 0.25) is 0 Å². The topological polar surface area (TPSA) is 84.9 Å². The van der Waals surface area contributed by atoms with Gasteiger partial charge in [-0.15, -0.1) is 4.99 Å². The maximum absolute atomic E-state index is 10.0. The standard InChI is InChI=1S/C12H17N5O/c1-4-12(2,3)16-11(15-9-13)17(18)10-6-5-7-14-8-10/h5-8,13,18H,4H2,1-3H3. The maximum Gasteiger partial charge on any atom is 0.260 e. The van der Waals surface area contributed by atoms with E-state index >= 15 is 0 Å². The molecule has 0 fully saturated rings. The largest absolute Gasteiger partial charge is 0.281 e. The van der Waals surface area contributed by atoms with Gasteiger partial charge in [-0.05, 0) is 32.4 Å². The molecule has 0 aliphatic heterocycles. The molecule has 0 saturated carbocycles. The Balaban J connectivity index is 3.11. The summed E-state index contributed by atoms with van der Waals surface area (Å²) in [5.74, 6) is 0.0184. The normalized spacial score (nSPS) is 11.9. The van der Waals surface area contributed by atoms with Gasteiger partial charge in [-0.1, -0.05) is 6.92 Å². The zero-order valence-corrected chi connectivity index (χ0v) is 10.8. The number of hydroxylamine groups is 1. The van der Waals surface area contributed by atoms with Crippen LogP contribution in [0.5, 0.6) is 0 Å². The van der Waals surface area contributed by atoms with E-state index in [-0.39, 0.29) is 11.5 Å². The van der Waals surface area contributed by atoms with Gasteiger partial charge >= 0.3 is 0 Å². The summed E-state index contributed by atoms with van der Waals surface area (Å²) in [4.78, 5) is 11.9. The van der Waals surface area contributed by atoms with Crippen LogP contribution < -0.4 is 5.06 Å². The third-order valence-electron chi connectivity index (χ3n) is 2.50. The summed E-state index contributed by atoms with van der Waals surface area (Å²) in [7, 11) is 0. The first-order valence-corrected chi connectivity index (χ1v) is 5.61. The van der Waals surface area contributed by atoms with Crippen LogP contribution in [0.25, 0.3) is 0 Å². The Kier molecular flexibility index (Phi) is 4.71. The Hall–Kier alpha value is -2.04. The molecule has 18 heavy (non-hydrogen) atoms. The fraction of sp³-hybridized carbons (Fsp3) is 0.417. The molecule has 1 heterocycles. The predicted molar refractivity (Wildman–Crippen MR) is 70.5 cm³/mol. The molecule has 2 N–H and O–H groups in total. The van der Waals surface area contributed by atoms with Crippen LogP contribution >= 0.6 is 0 Å². The molecule has 0 aromatic carbocycles. The molecule has 0 bridgehead atoms. The van der Waals surface area contributed by atoms with Crippen LogP contribution in [0.1, 0.15) is 27.2 Å². The molecule has 0 unspecified atom stereocenters. The minimum absolute atomic E-state index is 0.0184. The fourth-order valence-corrected chi connectivity index (χ4v) is 1.11. The van der Waals surface area contributed by atoms with E-state index in [1.807, 2.05) is 26.8 Å². The second-order valence-corrected chi connectivity index (χ2v) is 4.32. The molecule has 0 saturated heterocycles. The van der Waals surface area contributed by atoms with Crippen LogP contribution in [0, 0.1) is 5.41 Å². The zero-order chi connectivity index (χ0) is 13.6. The van der Waals surface area contributed by atoms with Crippen molar-refractivity contribution < 1.29 is 5.21 Å². The van der Waals surface area contributed by atoms with E-state index in [1.54, 1.807) is 18.3 Å². The number of hydrogen-bond acceptors (Lipinski definition) is 4. The van der Waals surface area contributed by atoms with Crippen LogP contribution in [0.3, 0.4) is 0 Å². The average molecular weight is 247 g/mol. The summed E-state index contributed by atoms with van der Waals surface area (Å²) in [6.45, 7) is 5.83. The molecule has 1 aromatic rings. The van der Waals surface area contributed by atoms with Gasteiger partial charge in [0.05, 0.1) is 23.4 Å². The third-order valence-corrected chi connectivity index (χ3v) is 2.50. The van der Waals surface area contributed by atoms with Gasteiger partial charge in [0.15, 0.2) is 0 Å². The highest BCUT2D eigenvalue weighted by Gasteiger charge is 2.18. The Bertz CT molecular complexity index is 463. The summed E-state index contributed by atoms with van der Waals surface area (Å²) in [5, 5.41) is 17.7. The molecular weight excluding hydrogens is 230 g/mol. The first kappa shape index (κ1) is 14.0. The highest BCUT2D eigenvalue weighted by atomic mass is 16.5. The number of nitrogens with zero attached hydrogens (tertiary/aromatic N) is 4. The molecule has 0 radical (unpaired) electrons. The molecule has 0 amide bonds. The van der Waals surface area contributed by atoms with Crippen molar-refractivity contribution in [1.29, 1.82) is 5.41 Å². The first-order valence-electron chi connectivity index (χ1n) is 5.61. The Morgan fingerprint density at radius 3 is 2.83 bits per heavy atom. The lowest BCUT2D eigenvalue weighted by molar-refractivity contribution is 0.308. The van der Waals surface area contributed by atoms with E-state index in [9.17, 15) is 5.21 Å². The van der Waals surface area contributed by atoms with Crippen molar-refractivity contribution in [3.8, 4) is 0 Å². The smallest absolute Gasteiger partial charge is 0.260 e. The number of aliphatic imine (C=N–C) groups is 2. The van der Waals surface area contributed by atoms with Crippen LogP contribution in [0.4, 0.5) is 5.69 Å². The van der Waals surface area contributed by atoms with Crippen LogP contribution in [0.15, 0.2) is 34.5 Å². The summed E-state index contributed by atoms with van der Waals surface area (Å²) >= 11 is 0. The number of hydrogen-bond donors (Lipinski definition) is 2. The highest BCUT2D eigenvalue weighted by Crippen LogP contribution is 2.17. The van der Waals surface area contributed by atoms with Gasteiger partial charge in [0.2, 0.25) is 0 Å². The average Bonchev–Trinajstić information content (AvgIpc) is 2.38. The van der Waals surface area contributed by atoms with Gasteiger partial charge in [-0.25, -0.2) is 10.4 Å². The lowest BCUT2D eigenvalue weighted by Crippen LogP contribution is -2.29. The highest BCUT2D eigenvalue weighted by molar-refractivity contribution is 5.97. The van der Waals surface area contributed by atoms with Gasteiger partial charge in [0, 0.05) is 6.20 Å². The van der Waals surface area contributed by atoms with Crippen LogP contribution in [-0.2, 0) is 0 Å². The second-order valence-electron chi connectivity index (χ2n) is 4.32. The lowest BCUT2D eigenvalue weighted by Gasteiger charge is -2.21. The monoisotopic (exact) mass is 247 g/mol. The zero-order valence-electron chi connectivity index (χ0n) is 10.8. The first-order chi connectivity index (χ1) is 8.50. The number of guanidine groups is 1. The van der Waals surface area contributed by atoms with Crippen molar-refractivity contribution in [3.63, 3.8) is 0 Å². The Labute approximate surface area is 106 Å². The predicted octanol–water partition coefficient (Wildman–Crippen LogP) is 2.57. The van der Waals surface area contributed by atoms with Crippen molar-refractivity contribution >= 4 is 17.7 Å². The minimum Gasteiger partial charge on any atom is -0.281 e. The molecule has 0 aliphatic carbocycles. The minimum atomic E-state index is -0.376. The van der Waals surface area contributed by atoms with E-state index in [2.05, 4.69) is 15.0 Å². The van der Waals surface area contributed by atoms with E-state index in [1.165, 1.54) is 6.20 Å². The Morgan fingerprint density at radius 1 is 1.61 bits per heavy atom. The SMILES string of the molecule is CCC(C)(C)N=C(N=C=N)N(O)c1cccnc1. The molecule has 0 aliphatic rings. The van der Waals surface area contributed by atoms with Crippen molar-refractivity contribution in [2.24, 2.45) is 9.98 Å². The quantitative estimate of drug-likeness (QED) is 0.489. The number of pyridine rings is 1. The molecule has 6 heteroatoms. The number of anilines is 1. The van der Waals surface area contributed by atoms with E-state index in [0.717, 1.165) is 11.5 Å². The Morgan fingerprint density at radius 2 is 2.33 bits per heavy atom. The summed E-state index contributed by atoms with van der Waals surface area (Å²) in [5.41, 5.74) is 0.0564. The molecule has 6 nitrogen and oxygen atoms in total. The molecular formula is C12H17N5O. The van der Waals surface area contributed by atoms with Crippen molar-refractivity contribution in [1.82, 2.24) is 4.98 Å². The number of rotatable bonds is 3. The van der Waals surface area contributed by atoms with Crippen molar-refractivity contribution in [2.75, 3.05) is 5.06 Å². The molecule has 0 atom stereocenters. The van der Waals surface area contributed by atoms with Crippen molar-refractivity contribution in [2.45, 2.75) is 32.7 Å². The summed E-state index contributed by atoms with van der Waals surface area (Å²) < 4.78 is 0. The van der Waals surface area contributed by atoms with E-state index in [0.29, 0.717) is 5.69 Å². The van der Waals surface area contributed by atoms with Gasteiger partial charge in [-0.3, -0.25) is 10.2 Å². The lowest BCUT2D eigenvalue weighted by atomic mass is 10.0. The third kappa shape index (κ3) is 3.76. The molecule has 1 aromatic heterocycles. The molecule has 0 spiro atoms.